The van der Waals surface area contributed by atoms with Crippen molar-refractivity contribution in [1.29, 1.82) is 0 Å². The summed E-state index contributed by atoms with van der Waals surface area (Å²) in [6.07, 6.45) is 0. The molecule has 0 fully saturated rings. The van der Waals surface area contributed by atoms with E-state index in [2.05, 4.69) is 21.0 Å². The van der Waals surface area contributed by atoms with E-state index in [0.717, 1.165) is 11.4 Å². The number of aromatic nitrogens is 2. The van der Waals surface area contributed by atoms with E-state index < -0.39 is 5.82 Å². The highest BCUT2D eigenvalue weighted by Gasteiger charge is 2.14. The molecule has 0 saturated carbocycles. The smallest absolute Gasteiger partial charge is 0.171 e. The third kappa shape index (κ3) is 2.20. The maximum Gasteiger partial charge on any atom is 0.171 e. The van der Waals surface area contributed by atoms with Gasteiger partial charge in [-0.2, -0.15) is 5.10 Å². The SMILES string of the molecule is Cc1nn(C)c(C)c1Oc1cc(F)c(Br)cc1N. The molecule has 2 N–H and O–H groups in total. The molecule has 1 heterocycles. The number of nitrogens with zero attached hydrogens (tertiary/aromatic N) is 2. The molecular formula is C12H13BrFN3O. The Balaban J connectivity index is 2.43. The van der Waals surface area contributed by atoms with E-state index in [-0.39, 0.29) is 5.75 Å². The second-order valence-electron chi connectivity index (χ2n) is 4.03. The average molecular weight is 314 g/mol. The van der Waals surface area contributed by atoms with Gasteiger partial charge in [-0.15, -0.1) is 0 Å². The van der Waals surface area contributed by atoms with E-state index in [9.17, 15) is 4.39 Å². The van der Waals surface area contributed by atoms with Crippen LogP contribution >= 0.6 is 15.9 Å². The molecule has 0 aliphatic heterocycles. The zero-order valence-electron chi connectivity index (χ0n) is 10.3. The Hall–Kier alpha value is -1.56. The lowest BCUT2D eigenvalue weighted by atomic mass is 10.3. The van der Waals surface area contributed by atoms with Gasteiger partial charge in [-0.3, -0.25) is 4.68 Å². The van der Waals surface area contributed by atoms with E-state index >= 15 is 0 Å². The van der Waals surface area contributed by atoms with Crippen LogP contribution in [0.3, 0.4) is 0 Å². The molecular weight excluding hydrogens is 301 g/mol. The summed E-state index contributed by atoms with van der Waals surface area (Å²) in [6, 6.07) is 2.73. The Kier molecular flexibility index (Phi) is 3.30. The minimum atomic E-state index is -0.418. The van der Waals surface area contributed by atoms with E-state index in [1.807, 2.05) is 20.9 Å². The average Bonchev–Trinajstić information content (AvgIpc) is 2.52. The molecule has 1 aromatic heterocycles. The van der Waals surface area contributed by atoms with Crippen molar-refractivity contribution >= 4 is 21.6 Å². The second kappa shape index (κ2) is 4.61. The van der Waals surface area contributed by atoms with Crippen molar-refractivity contribution in [2.45, 2.75) is 13.8 Å². The summed E-state index contributed by atoms with van der Waals surface area (Å²) in [5.41, 5.74) is 7.75. The number of rotatable bonds is 2. The van der Waals surface area contributed by atoms with Crippen LogP contribution in [0.4, 0.5) is 10.1 Å². The third-order valence-electron chi connectivity index (χ3n) is 2.71. The van der Waals surface area contributed by atoms with E-state index in [1.54, 1.807) is 4.68 Å². The number of ether oxygens (including phenoxy) is 1. The number of hydrogen-bond donors (Lipinski definition) is 1. The molecule has 2 rings (SSSR count). The minimum Gasteiger partial charge on any atom is -0.451 e. The Labute approximate surface area is 113 Å². The predicted molar refractivity (Wildman–Crippen MR) is 71.3 cm³/mol. The van der Waals surface area contributed by atoms with Crippen LogP contribution in [0.1, 0.15) is 11.4 Å². The Morgan fingerprint density at radius 1 is 1.39 bits per heavy atom. The number of anilines is 1. The molecule has 0 spiro atoms. The second-order valence-corrected chi connectivity index (χ2v) is 4.88. The fourth-order valence-corrected chi connectivity index (χ4v) is 2.01. The molecule has 0 atom stereocenters. The van der Waals surface area contributed by atoms with Crippen molar-refractivity contribution in [2.75, 3.05) is 5.73 Å². The zero-order chi connectivity index (χ0) is 13.4. The van der Waals surface area contributed by atoms with Gasteiger partial charge in [0.05, 0.1) is 15.9 Å². The molecule has 2 aromatic rings. The first-order valence-corrected chi connectivity index (χ1v) is 6.12. The van der Waals surface area contributed by atoms with Crippen molar-refractivity contribution in [3.8, 4) is 11.5 Å². The molecule has 6 heteroatoms. The molecule has 0 aliphatic carbocycles. The van der Waals surface area contributed by atoms with Crippen LogP contribution in [0.25, 0.3) is 0 Å². The van der Waals surface area contributed by atoms with Crippen molar-refractivity contribution in [3.63, 3.8) is 0 Å². The van der Waals surface area contributed by atoms with Gasteiger partial charge in [0, 0.05) is 13.1 Å². The first kappa shape index (κ1) is 12.9. The Bertz CT molecular complexity index is 610. The number of nitrogen functional groups attached to an aromatic ring is 1. The number of hydrogen-bond acceptors (Lipinski definition) is 3. The molecule has 4 nitrogen and oxygen atoms in total. The molecule has 0 radical (unpaired) electrons. The lowest BCUT2D eigenvalue weighted by molar-refractivity contribution is 0.470. The van der Waals surface area contributed by atoms with Crippen molar-refractivity contribution in [2.24, 2.45) is 7.05 Å². The fraction of sp³-hybridized carbons (Fsp3) is 0.250. The molecule has 0 unspecified atom stereocenters. The maximum absolute atomic E-state index is 13.5. The van der Waals surface area contributed by atoms with E-state index in [1.165, 1.54) is 12.1 Å². The van der Waals surface area contributed by atoms with Gasteiger partial charge in [-0.25, -0.2) is 4.39 Å². The van der Waals surface area contributed by atoms with Gasteiger partial charge in [0.25, 0.3) is 0 Å². The summed E-state index contributed by atoms with van der Waals surface area (Å²) in [6.45, 7) is 3.70. The van der Waals surface area contributed by atoms with Crippen LogP contribution in [0, 0.1) is 19.7 Å². The van der Waals surface area contributed by atoms with Gasteiger partial charge in [-0.05, 0) is 35.8 Å². The first-order valence-electron chi connectivity index (χ1n) is 5.32. The standard InChI is InChI=1S/C12H13BrFN3O/c1-6-12(7(2)17(3)16-6)18-11-5-9(14)8(13)4-10(11)15/h4-5H,15H2,1-3H3. The molecule has 0 bridgehead atoms. The molecule has 0 amide bonds. The monoisotopic (exact) mass is 313 g/mol. The summed E-state index contributed by atoms with van der Waals surface area (Å²) in [5, 5.41) is 4.22. The molecule has 96 valence electrons. The summed E-state index contributed by atoms with van der Waals surface area (Å²) >= 11 is 3.07. The lowest BCUT2D eigenvalue weighted by Crippen LogP contribution is -1.96. The Morgan fingerprint density at radius 3 is 2.61 bits per heavy atom. The lowest BCUT2D eigenvalue weighted by Gasteiger charge is -2.09. The van der Waals surface area contributed by atoms with Crippen LogP contribution < -0.4 is 10.5 Å². The van der Waals surface area contributed by atoms with Gasteiger partial charge in [-0.1, -0.05) is 0 Å². The molecule has 0 saturated heterocycles. The molecule has 0 aliphatic rings. The number of nitrogens with two attached hydrogens (primary N) is 1. The van der Waals surface area contributed by atoms with Gasteiger partial charge in [0.15, 0.2) is 11.5 Å². The molecule has 1 aromatic carbocycles. The maximum atomic E-state index is 13.5. The highest BCUT2D eigenvalue weighted by Crippen LogP contribution is 2.34. The van der Waals surface area contributed by atoms with Crippen molar-refractivity contribution < 1.29 is 9.13 Å². The van der Waals surface area contributed by atoms with E-state index in [0.29, 0.717) is 15.9 Å². The highest BCUT2D eigenvalue weighted by atomic mass is 79.9. The van der Waals surface area contributed by atoms with Crippen LogP contribution in [0.2, 0.25) is 0 Å². The van der Waals surface area contributed by atoms with Crippen molar-refractivity contribution in [1.82, 2.24) is 9.78 Å². The summed E-state index contributed by atoms with van der Waals surface area (Å²) in [5.74, 6) is 0.471. The minimum absolute atomic E-state index is 0.287. The summed E-state index contributed by atoms with van der Waals surface area (Å²) in [7, 11) is 1.82. The quantitative estimate of drug-likeness (QED) is 0.865. The van der Waals surface area contributed by atoms with Gasteiger partial charge in [0.2, 0.25) is 0 Å². The summed E-state index contributed by atoms with van der Waals surface area (Å²) < 4.78 is 21.1. The van der Waals surface area contributed by atoms with Crippen LogP contribution in [-0.2, 0) is 7.05 Å². The van der Waals surface area contributed by atoms with Crippen molar-refractivity contribution in [3.05, 3.63) is 33.8 Å². The highest BCUT2D eigenvalue weighted by molar-refractivity contribution is 9.10. The first-order chi connectivity index (χ1) is 8.40. The normalized spacial score (nSPS) is 10.7. The van der Waals surface area contributed by atoms with Gasteiger partial charge < -0.3 is 10.5 Å². The number of benzene rings is 1. The van der Waals surface area contributed by atoms with E-state index in [4.69, 9.17) is 10.5 Å². The van der Waals surface area contributed by atoms with Crippen LogP contribution in [0.15, 0.2) is 16.6 Å². The van der Waals surface area contributed by atoms with Gasteiger partial charge >= 0.3 is 0 Å². The topological polar surface area (TPSA) is 53.1 Å². The fourth-order valence-electron chi connectivity index (χ4n) is 1.64. The van der Waals surface area contributed by atoms with Gasteiger partial charge in [0.1, 0.15) is 11.5 Å². The zero-order valence-corrected chi connectivity index (χ0v) is 11.9. The summed E-state index contributed by atoms with van der Waals surface area (Å²) in [4.78, 5) is 0. The third-order valence-corrected chi connectivity index (χ3v) is 3.32. The predicted octanol–water partition coefficient (Wildman–Crippen LogP) is 3.31. The van der Waals surface area contributed by atoms with Crippen LogP contribution in [-0.4, -0.2) is 9.78 Å². The Morgan fingerprint density at radius 2 is 2.06 bits per heavy atom. The number of aryl methyl sites for hydroxylation is 2. The number of halogens is 2. The largest absolute Gasteiger partial charge is 0.451 e. The molecule has 18 heavy (non-hydrogen) atoms. The van der Waals surface area contributed by atoms with Crippen LogP contribution in [0.5, 0.6) is 11.5 Å².